The van der Waals surface area contributed by atoms with Crippen molar-refractivity contribution in [1.82, 2.24) is 5.32 Å². The highest BCUT2D eigenvalue weighted by molar-refractivity contribution is 6.30. The van der Waals surface area contributed by atoms with E-state index in [0.717, 1.165) is 37.7 Å². The summed E-state index contributed by atoms with van der Waals surface area (Å²) in [5, 5.41) is 12.6. The lowest BCUT2D eigenvalue weighted by molar-refractivity contribution is -0.141. The molecule has 5 heteroatoms. The van der Waals surface area contributed by atoms with Gasteiger partial charge in [-0.05, 0) is 49.4 Å². The number of benzene rings is 1. The molecule has 2 rings (SSSR count). The number of halogens is 1. The van der Waals surface area contributed by atoms with Gasteiger partial charge in [-0.3, -0.25) is 4.79 Å². The molecule has 0 heterocycles. The van der Waals surface area contributed by atoms with Crippen molar-refractivity contribution in [3.05, 3.63) is 34.3 Å². The predicted octanol–water partition coefficient (Wildman–Crippen LogP) is 3.41. The first-order valence-electron chi connectivity index (χ1n) is 7.29. The Kier molecular flexibility index (Phi) is 5.23. The van der Waals surface area contributed by atoms with Crippen LogP contribution in [0, 0.1) is 12.8 Å². The number of amides is 1. The summed E-state index contributed by atoms with van der Waals surface area (Å²) in [7, 11) is 0. The highest BCUT2D eigenvalue weighted by Gasteiger charge is 2.31. The summed E-state index contributed by atoms with van der Waals surface area (Å²) in [6.07, 6.45) is 4.93. The standard InChI is InChI=1S/C16H20ClNO3/c1-10-9-12(17)7-8-13(10)15(19)18-14(16(20)21)11-5-3-2-4-6-11/h7-9,11,14H,2-6H2,1H3,(H,18,19)(H,20,21). The Labute approximate surface area is 129 Å². The summed E-state index contributed by atoms with van der Waals surface area (Å²) in [4.78, 5) is 23.8. The van der Waals surface area contributed by atoms with Crippen molar-refractivity contribution < 1.29 is 14.7 Å². The second-order valence-corrected chi connectivity index (χ2v) is 6.08. The quantitative estimate of drug-likeness (QED) is 0.895. The van der Waals surface area contributed by atoms with Gasteiger partial charge in [-0.15, -0.1) is 0 Å². The van der Waals surface area contributed by atoms with Gasteiger partial charge in [0, 0.05) is 10.6 Å². The molecule has 0 radical (unpaired) electrons. The van der Waals surface area contributed by atoms with E-state index in [1.807, 2.05) is 0 Å². The number of hydrogen-bond donors (Lipinski definition) is 2. The van der Waals surface area contributed by atoms with Gasteiger partial charge in [-0.2, -0.15) is 0 Å². The minimum Gasteiger partial charge on any atom is -0.480 e. The molecule has 1 fully saturated rings. The van der Waals surface area contributed by atoms with Crippen molar-refractivity contribution in [2.45, 2.75) is 45.1 Å². The molecule has 1 aliphatic rings. The molecule has 2 N–H and O–H groups in total. The summed E-state index contributed by atoms with van der Waals surface area (Å²) in [6, 6.07) is 4.16. The molecule has 1 unspecified atom stereocenters. The number of nitrogens with one attached hydrogen (secondary N) is 1. The van der Waals surface area contributed by atoms with Gasteiger partial charge in [0.15, 0.2) is 0 Å². The first-order chi connectivity index (χ1) is 9.99. The normalized spacial score (nSPS) is 17.2. The van der Waals surface area contributed by atoms with Crippen LogP contribution in [-0.2, 0) is 4.79 Å². The van der Waals surface area contributed by atoms with Crippen LogP contribution in [-0.4, -0.2) is 23.0 Å². The molecule has 1 saturated carbocycles. The predicted molar refractivity (Wildman–Crippen MR) is 81.7 cm³/mol. The first-order valence-corrected chi connectivity index (χ1v) is 7.66. The summed E-state index contributed by atoms with van der Waals surface area (Å²) in [5.41, 5.74) is 1.22. The van der Waals surface area contributed by atoms with Crippen LogP contribution in [0.15, 0.2) is 18.2 Å². The second kappa shape index (κ2) is 6.94. The fraction of sp³-hybridized carbons (Fsp3) is 0.500. The van der Waals surface area contributed by atoms with Crippen LogP contribution in [0.2, 0.25) is 5.02 Å². The van der Waals surface area contributed by atoms with Gasteiger partial charge in [-0.1, -0.05) is 30.9 Å². The number of carbonyl (C=O) groups excluding carboxylic acids is 1. The number of carboxylic acid groups (broad SMARTS) is 1. The van der Waals surface area contributed by atoms with E-state index in [2.05, 4.69) is 5.32 Å². The zero-order valence-electron chi connectivity index (χ0n) is 12.1. The van der Waals surface area contributed by atoms with E-state index in [1.165, 1.54) is 0 Å². The van der Waals surface area contributed by atoms with Crippen LogP contribution in [0.25, 0.3) is 0 Å². The van der Waals surface area contributed by atoms with Gasteiger partial charge in [0.05, 0.1) is 0 Å². The molecular formula is C16H20ClNO3. The van der Waals surface area contributed by atoms with Crippen molar-refractivity contribution >= 4 is 23.5 Å². The summed E-state index contributed by atoms with van der Waals surface area (Å²) in [6.45, 7) is 1.79. The minimum absolute atomic E-state index is 0.0211. The Morgan fingerprint density at radius 3 is 2.52 bits per heavy atom. The lowest BCUT2D eigenvalue weighted by atomic mass is 9.83. The van der Waals surface area contributed by atoms with Gasteiger partial charge in [0.25, 0.3) is 5.91 Å². The molecular weight excluding hydrogens is 290 g/mol. The van der Waals surface area contributed by atoms with Crippen LogP contribution in [0.4, 0.5) is 0 Å². The Morgan fingerprint density at radius 2 is 1.95 bits per heavy atom. The molecule has 0 aromatic heterocycles. The fourth-order valence-electron chi connectivity index (χ4n) is 2.95. The van der Waals surface area contributed by atoms with Crippen molar-refractivity contribution in [2.24, 2.45) is 5.92 Å². The molecule has 0 spiro atoms. The molecule has 1 aliphatic carbocycles. The number of carbonyl (C=O) groups is 2. The van der Waals surface area contributed by atoms with Gasteiger partial charge in [0.1, 0.15) is 6.04 Å². The lowest BCUT2D eigenvalue weighted by Gasteiger charge is -2.28. The molecule has 0 saturated heterocycles. The summed E-state index contributed by atoms with van der Waals surface area (Å²) >= 11 is 5.87. The van der Waals surface area contributed by atoms with E-state index in [4.69, 9.17) is 11.6 Å². The monoisotopic (exact) mass is 309 g/mol. The molecule has 21 heavy (non-hydrogen) atoms. The SMILES string of the molecule is Cc1cc(Cl)ccc1C(=O)NC(C(=O)O)C1CCCCC1. The van der Waals surface area contributed by atoms with Gasteiger partial charge in [0.2, 0.25) is 0 Å². The molecule has 1 aromatic rings. The zero-order valence-corrected chi connectivity index (χ0v) is 12.8. The molecule has 114 valence electrons. The largest absolute Gasteiger partial charge is 0.480 e. The molecule has 1 amide bonds. The van der Waals surface area contributed by atoms with Crippen molar-refractivity contribution in [3.63, 3.8) is 0 Å². The maximum atomic E-state index is 12.3. The number of aliphatic carboxylic acids is 1. The van der Waals surface area contributed by atoms with Crippen LogP contribution >= 0.6 is 11.6 Å². The number of aryl methyl sites for hydroxylation is 1. The van der Waals surface area contributed by atoms with E-state index in [9.17, 15) is 14.7 Å². The molecule has 0 aliphatic heterocycles. The smallest absolute Gasteiger partial charge is 0.326 e. The highest BCUT2D eigenvalue weighted by atomic mass is 35.5. The Hall–Kier alpha value is -1.55. The van der Waals surface area contributed by atoms with E-state index in [0.29, 0.717) is 10.6 Å². The average Bonchev–Trinajstić information content (AvgIpc) is 2.45. The van der Waals surface area contributed by atoms with E-state index >= 15 is 0 Å². The number of carboxylic acids is 1. The summed E-state index contributed by atoms with van der Waals surface area (Å²) < 4.78 is 0. The molecule has 0 bridgehead atoms. The Bertz CT molecular complexity index is 538. The second-order valence-electron chi connectivity index (χ2n) is 5.65. The number of rotatable bonds is 4. The molecule has 1 aromatic carbocycles. The zero-order chi connectivity index (χ0) is 15.4. The third kappa shape index (κ3) is 3.97. The van der Waals surface area contributed by atoms with E-state index in [1.54, 1.807) is 25.1 Å². The average molecular weight is 310 g/mol. The third-order valence-corrected chi connectivity index (χ3v) is 4.34. The highest BCUT2D eigenvalue weighted by Crippen LogP contribution is 2.27. The first kappa shape index (κ1) is 15.8. The van der Waals surface area contributed by atoms with Crippen molar-refractivity contribution in [3.8, 4) is 0 Å². The van der Waals surface area contributed by atoms with Gasteiger partial charge < -0.3 is 10.4 Å². The fourth-order valence-corrected chi connectivity index (χ4v) is 3.18. The Morgan fingerprint density at radius 1 is 1.29 bits per heavy atom. The topological polar surface area (TPSA) is 66.4 Å². The van der Waals surface area contributed by atoms with Gasteiger partial charge in [-0.25, -0.2) is 4.79 Å². The van der Waals surface area contributed by atoms with Crippen molar-refractivity contribution in [1.29, 1.82) is 0 Å². The van der Waals surface area contributed by atoms with E-state index < -0.39 is 12.0 Å². The minimum atomic E-state index is -0.957. The third-order valence-electron chi connectivity index (χ3n) is 4.11. The van der Waals surface area contributed by atoms with Crippen molar-refractivity contribution in [2.75, 3.05) is 0 Å². The van der Waals surface area contributed by atoms with Crippen LogP contribution in [0.1, 0.15) is 48.0 Å². The van der Waals surface area contributed by atoms with Gasteiger partial charge >= 0.3 is 5.97 Å². The summed E-state index contributed by atoms with van der Waals surface area (Å²) in [5.74, 6) is -1.28. The lowest BCUT2D eigenvalue weighted by Crippen LogP contribution is -2.46. The maximum Gasteiger partial charge on any atom is 0.326 e. The van der Waals surface area contributed by atoms with Crippen LogP contribution < -0.4 is 5.32 Å². The van der Waals surface area contributed by atoms with E-state index in [-0.39, 0.29) is 11.8 Å². The number of hydrogen-bond acceptors (Lipinski definition) is 2. The Balaban J connectivity index is 2.12. The maximum absolute atomic E-state index is 12.3. The van der Waals surface area contributed by atoms with Crippen LogP contribution in [0.5, 0.6) is 0 Å². The molecule has 4 nitrogen and oxygen atoms in total. The molecule has 1 atom stereocenters. The van der Waals surface area contributed by atoms with Crippen LogP contribution in [0.3, 0.4) is 0 Å².